The Kier molecular flexibility index (Phi) is 6.66. The van der Waals surface area contributed by atoms with E-state index in [1.54, 1.807) is 18.2 Å². The maximum atomic E-state index is 12.9. The summed E-state index contributed by atoms with van der Waals surface area (Å²) in [6.07, 6.45) is 0. The molecule has 3 aromatic carbocycles. The molecule has 6 heteroatoms. The van der Waals surface area contributed by atoms with Crippen LogP contribution in [0.15, 0.2) is 82.6 Å². The monoisotopic (exact) mass is 392 g/mol. The van der Waals surface area contributed by atoms with Gasteiger partial charge in [-0.25, -0.2) is 4.39 Å². The van der Waals surface area contributed by atoms with Crippen LogP contribution in [-0.4, -0.2) is 19.1 Å². The highest BCUT2D eigenvalue weighted by molar-refractivity contribution is 7.99. The molecule has 0 heterocycles. The van der Waals surface area contributed by atoms with E-state index in [0.717, 1.165) is 9.79 Å². The Morgan fingerprint density at radius 1 is 1.00 bits per heavy atom. The fraction of sp³-hybridized carbons (Fsp3) is 0.0909. The van der Waals surface area contributed by atoms with E-state index in [9.17, 15) is 14.4 Å². The van der Waals surface area contributed by atoms with Crippen LogP contribution in [0, 0.1) is 17.1 Å². The second kappa shape index (κ2) is 9.58. The summed E-state index contributed by atoms with van der Waals surface area (Å²) in [6, 6.07) is 22.4. The zero-order valence-corrected chi connectivity index (χ0v) is 15.7. The standard InChI is InChI=1S/C22H17FN2O2S/c23-17-9-11-18(12-10-17)27-14-13-25-22(26)19-6-2-4-8-21(19)28-20-7-3-1-5-16(20)15-24/h1-12H,13-14H2,(H,25,26). The van der Waals surface area contributed by atoms with Crippen molar-refractivity contribution in [3.05, 3.63) is 89.7 Å². The molecular weight excluding hydrogens is 375 g/mol. The molecule has 0 aliphatic carbocycles. The van der Waals surface area contributed by atoms with E-state index >= 15 is 0 Å². The highest BCUT2D eigenvalue weighted by Crippen LogP contribution is 2.32. The number of carbonyl (C=O) groups excluding carboxylic acids is 1. The highest BCUT2D eigenvalue weighted by atomic mass is 32.2. The molecule has 0 bridgehead atoms. The molecule has 0 saturated carbocycles. The topological polar surface area (TPSA) is 62.1 Å². The molecule has 0 fully saturated rings. The zero-order valence-electron chi connectivity index (χ0n) is 14.9. The normalized spacial score (nSPS) is 10.1. The van der Waals surface area contributed by atoms with Crippen molar-refractivity contribution in [2.45, 2.75) is 9.79 Å². The van der Waals surface area contributed by atoms with Crippen molar-refractivity contribution < 1.29 is 13.9 Å². The number of hydrogen-bond donors (Lipinski definition) is 1. The van der Waals surface area contributed by atoms with Crippen LogP contribution in [0.25, 0.3) is 0 Å². The molecule has 140 valence electrons. The van der Waals surface area contributed by atoms with Crippen molar-refractivity contribution >= 4 is 17.7 Å². The van der Waals surface area contributed by atoms with Gasteiger partial charge in [-0.15, -0.1) is 0 Å². The van der Waals surface area contributed by atoms with Gasteiger partial charge in [0.2, 0.25) is 0 Å². The second-order valence-corrected chi connectivity index (χ2v) is 6.85. The van der Waals surface area contributed by atoms with Crippen LogP contribution in [0.3, 0.4) is 0 Å². The fourth-order valence-electron chi connectivity index (χ4n) is 2.47. The molecule has 0 aliphatic heterocycles. The molecule has 0 atom stereocenters. The van der Waals surface area contributed by atoms with E-state index in [4.69, 9.17) is 4.74 Å². The Balaban J connectivity index is 1.61. The molecule has 1 amide bonds. The van der Waals surface area contributed by atoms with Crippen molar-refractivity contribution in [1.29, 1.82) is 5.26 Å². The smallest absolute Gasteiger partial charge is 0.252 e. The number of rotatable bonds is 7. The molecule has 0 unspecified atom stereocenters. The van der Waals surface area contributed by atoms with Crippen molar-refractivity contribution in [1.82, 2.24) is 5.32 Å². The molecule has 0 saturated heterocycles. The van der Waals surface area contributed by atoms with Gasteiger partial charge < -0.3 is 10.1 Å². The van der Waals surface area contributed by atoms with E-state index in [1.807, 2.05) is 30.3 Å². The summed E-state index contributed by atoms with van der Waals surface area (Å²) >= 11 is 1.38. The third-order valence-electron chi connectivity index (χ3n) is 3.83. The summed E-state index contributed by atoms with van der Waals surface area (Å²) in [6.45, 7) is 0.577. The quantitative estimate of drug-likeness (QED) is 0.594. The number of nitrogens with zero attached hydrogens (tertiary/aromatic N) is 1. The largest absolute Gasteiger partial charge is 0.492 e. The number of ether oxygens (including phenoxy) is 1. The lowest BCUT2D eigenvalue weighted by atomic mass is 10.2. The molecule has 0 radical (unpaired) electrons. The number of nitrogens with one attached hydrogen (secondary N) is 1. The van der Waals surface area contributed by atoms with Gasteiger partial charge in [0.25, 0.3) is 5.91 Å². The van der Waals surface area contributed by atoms with Gasteiger partial charge in [-0.1, -0.05) is 36.0 Å². The third-order valence-corrected chi connectivity index (χ3v) is 4.98. The van der Waals surface area contributed by atoms with E-state index < -0.39 is 0 Å². The molecule has 3 aromatic rings. The molecule has 0 spiro atoms. The van der Waals surface area contributed by atoms with Gasteiger partial charge in [0.15, 0.2) is 0 Å². The third kappa shape index (κ3) is 5.12. The van der Waals surface area contributed by atoms with Gasteiger partial charge in [0.05, 0.1) is 17.7 Å². The number of halogens is 1. The highest BCUT2D eigenvalue weighted by Gasteiger charge is 2.13. The number of nitriles is 1. The minimum Gasteiger partial charge on any atom is -0.492 e. The van der Waals surface area contributed by atoms with Crippen molar-refractivity contribution in [2.24, 2.45) is 0 Å². The summed E-state index contributed by atoms with van der Waals surface area (Å²) in [5.41, 5.74) is 1.09. The van der Waals surface area contributed by atoms with Gasteiger partial charge in [0, 0.05) is 9.79 Å². The zero-order chi connectivity index (χ0) is 19.8. The molecule has 0 aliphatic rings. The van der Waals surface area contributed by atoms with Gasteiger partial charge in [0.1, 0.15) is 24.2 Å². The lowest BCUT2D eigenvalue weighted by molar-refractivity contribution is 0.0944. The second-order valence-electron chi connectivity index (χ2n) is 5.76. The van der Waals surface area contributed by atoms with E-state index in [-0.39, 0.29) is 18.3 Å². The minimum absolute atomic E-state index is 0.222. The van der Waals surface area contributed by atoms with Crippen LogP contribution >= 0.6 is 11.8 Å². The molecular formula is C22H17FN2O2S. The predicted molar refractivity (Wildman–Crippen MR) is 106 cm³/mol. The Morgan fingerprint density at radius 3 is 2.43 bits per heavy atom. The van der Waals surface area contributed by atoms with Gasteiger partial charge in [-0.2, -0.15) is 5.26 Å². The van der Waals surface area contributed by atoms with Gasteiger partial charge in [-0.05, 0) is 48.5 Å². The van der Waals surface area contributed by atoms with E-state index in [2.05, 4.69) is 11.4 Å². The number of amides is 1. The summed E-state index contributed by atoms with van der Waals surface area (Å²) < 4.78 is 18.4. The number of carbonyl (C=O) groups is 1. The van der Waals surface area contributed by atoms with Crippen LogP contribution in [-0.2, 0) is 0 Å². The van der Waals surface area contributed by atoms with Crippen molar-refractivity contribution in [2.75, 3.05) is 13.2 Å². The van der Waals surface area contributed by atoms with Crippen LogP contribution in [0.4, 0.5) is 4.39 Å². The summed E-state index contributed by atoms with van der Waals surface area (Å²) in [5, 5.41) is 12.1. The van der Waals surface area contributed by atoms with Crippen molar-refractivity contribution in [3.8, 4) is 11.8 Å². The minimum atomic E-state index is -0.326. The van der Waals surface area contributed by atoms with E-state index in [0.29, 0.717) is 23.4 Å². The Labute approximate surface area is 167 Å². The average molecular weight is 392 g/mol. The molecule has 4 nitrogen and oxygen atoms in total. The molecule has 3 rings (SSSR count). The van der Waals surface area contributed by atoms with Crippen LogP contribution in [0.1, 0.15) is 15.9 Å². The van der Waals surface area contributed by atoms with Crippen LogP contribution < -0.4 is 10.1 Å². The number of hydrogen-bond acceptors (Lipinski definition) is 4. The van der Waals surface area contributed by atoms with Crippen LogP contribution in [0.5, 0.6) is 5.75 Å². The Bertz CT molecular complexity index is 1000. The molecule has 1 N–H and O–H groups in total. The van der Waals surface area contributed by atoms with Gasteiger partial charge in [-0.3, -0.25) is 4.79 Å². The Hall–Kier alpha value is -3.30. The maximum Gasteiger partial charge on any atom is 0.252 e. The predicted octanol–water partition coefficient (Wildman–Crippen LogP) is 4.66. The maximum absolute atomic E-state index is 12.9. The first-order valence-electron chi connectivity index (χ1n) is 8.60. The van der Waals surface area contributed by atoms with Crippen LogP contribution in [0.2, 0.25) is 0 Å². The lowest BCUT2D eigenvalue weighted by Gasteiger charge is -2.11. The lowest BCUT2D eigenvalue weighted by Crippen LogP contribution is -2.28. The SMILES string of the molecule is N#Cc1ccccc1Sc1ccccc1C(=O)NCCOc1ccc(F)cc1. The molecule has 0 aromatic heterocycles. The van der Waals surface area contributed by atoms with E-state index in [1.165, 1.54) is 36.0 Å². The summed E-state index contributed by atoms with van der Waals surface area (Å²) in [5.74, 6) is -0.00677. The Morgan fingerprint density at radius 2 is 1.68 bits per heavy atom. The summed E-state index contributed by atoms with van der Waals surface area (Å²) in [7, 11) is 0. The first-order valence-corrected chi connectivity index (χ1v) is 9.41. The number of benzene rings is 3. The van der Waals surface area contributed by atoms with Crippen molar-refractivity contribution in [3.63, 3.8) is 0 Å². The fourth-order valence-corrected chi connectivity index (χ4v) is 3.49. The summed E-state index contributed by atoms with van der Waals surface area (Å²) in [4.78, 5) is 14.1. The average Bonchev–Trinajstić information content (AvgIpc) is 2.73. The molecule has 28 heavy (non-hydrogen) atoms. The first-order chi connectivity index (χ1) is 13.7. The van der Waals surface area contributed by atoms with Gasteiger partial charge >= 0.3 is 0 Å². The first kappa shape index (κ1) is 19.5.